The molecule has 0 saturated heterocycles. The van der Waals surface area contributed by atoms with Gasteiger partial charge >= 0.3 is 0 Å². The average Bonchev–Trinajstić information content (AvgIpc) is 2.46. The normalized spacial score (nSPS) is 12.5. The zero-order chi connectivity index (χ0) is 14.6. The van der Waals surface area contributed by atoms with E-state index in [1.165, 1.54) is 0 Å². The molecule has 4 nitrogen and oxygen atoms in total. The number of aliphatic hydroxyl groups excluding tert-OH is 1. The number of nitrogens with zero attached hydrogens (tertiary/aromatic N) is 1. The van der Waals surface area contributed by atoms with Crippen molar-refractivity contribution in [2.75, 3.05) is 0 Å². The van der Waals surface area contributed by atoms with Crippen LogP contribution in [0.15, 0.2) is 35.4 Å². The Labute approximate surface area is 120 Å². The summed E-state index contributed by atoms with van der Waals surface area (Å²) in [5.41, 5.74) is 3.41. The van der Waals surface area contributed by atoms with E-state index in [-0.39, 0.29) is 12.0 Å². The number of rotatable bonds is 9. The van der Waals surface area contributed by atoms with Crippen LogP contribution < -0.4 is 5.43 Å². The van der Waals surface area contributed by atoms with Crippen molar-refractivity contribution >= 4 is 12.1 Å². The number of benzene rings is 1. The first kappa shape index (κ1) is 16.4. The van der Waals surface area contributed by atoms with Gasteiger partial charge in [0.2, 0.25) is 5.91 Å². The number of hydrazone groups is 1. The standard InChI is InChI=1S/C16H24N2O2/c1-2-3-5-10-15(19)11-12-16(20)18-17-13-14-8-6-4-7-9-14/h4,6-9,13,15,19H,2-3,5,10-12H2,1H3,(H,18,20). The lowest BCUT2D eigenvalue weighted by Gasteiger charge is -2.08. The molecule has 0 aliphatic rings. The molecule has 0 saturated carbocycles. The van der Waals surface area contributed by atoms with Crippen LogP contribution in [0.1, 0.15) is 51.0 Å². The summed E-state index contributed by atoms with van der Waals surface area (Å²) in [7, 11) is 0. The fraction of sp³-hybridized carbons (Fsp3) is 0.500. The number of aliphatic hydroxyl groups is 1. The molecule has 4 heteroatoms. The van der Waals surface area contributed by atoms with E-state index in [1.54, 1.807) is 6.21 Å². The summed E-state index contributed by atoms with van der Waals surface area (Å²) in [5, 5.41) is 13.6. The zero-order valence-electron chi connectivity index (χ0n) is 12.1. The summed E-state index contributed by atoms with van der Waals surface area (Å²) in [4.78, 5) is 11.5. The highest BCUT2D eigenvalue weighted by Crippen LogP contribution is 2.08. The third-order valence-corrected chi connectivity index (χ3v) is 3.05. The van der Waals surface area contributed by atoms with Crippen molar-refractivity contribution in [2.24, 2.45) is 5.10 Å². The zero-order valence-corrected chi connectivity index (χ0v) is 12.1. The molecule has 1 aromatic rings. The van der Waals surface area contributed by atoms with Crippen molar-refractivity contribution in [3.63, 3.8) is 0 Å². The Morgan fingerprint density at radius 1 is 1.30 bits per heavy atom. The van der Waals surface area contributed by atoms with Gasteiger partial charge in [0, 0.05) is 6.42 Å². The largest absolute Gasteiger partial charge is 0.393 e. The van der Waals surface area contributed by atoms with Gasteiger partial charge in [-0.1, -0.05) is 56.5 Å². The third kappa shape index (κ3) is 7.69. The molecule has 0 spiro atoms. The van der Waals surface area contributed by atoms with Gasteiger partial charge in [-0.15, -0.1) is 0 Å². The lowest BCUT2D eigenvalue weighted by molar-refractivity contribution is -0.121. The maximum Gasteiger partial charge on any atom is 0.240 e. The lowest BCUT2D eigenvalue weighted by Crippen LogP contribution is -2.19. The van der Waals surface area contributed by atoms with Gasteiger partial charge in [-0.3, -0.25) is 4.79 Å². The van der Waals surface area contributed by atoms with Gasteiger partial charge in [0.05, 0.1) is 12.3 Å². The van der Waals surface area contributed by atoms with E-state index in [9.17, 15) is 9.90 Å². The van der Waals surface area contributed by atoms with Crippen LogP contribution in [0, 0.1) is 0 Å². The van der Waals surface area contributed by atoms with Crippen LogP contribution in [-0.2, 0) is 4.79 Å². The van der Waals surface area contributed by atoms with Crippen molar-refractivity contribution in [3.05, 3.63) is 35.9 Å². The molecule has 0 aliphatic heterocycles. The molecule has 0 bridgehead atoms. The Morgan fingerprint density at radius 2 is 2.05 bits per heavy atom. The monoisotopic (exact) mass is 276 g/mol. The molecule has 2 N–H and O–H groups in total. The Hall–Kier alpha value is -1.68. The molecule has 1 atom stereocenters. The summed E-state index contributed by atoms with van der Waals surface area (Å²) in [5.74, 6) is -0.160. The fourth-order valence-electron chi connectivity index (χ4n) is 1.85. The predicted molar refractivity (Wildman–Crippen MR) is 81.6 cm³/mol. The molecule has 1 rings (SSSR count). The number of carbonyl (C=O) groups excluding carboxylic acids is 1. The van der Waals surface area contributed by atoms with Gasteiger partial charge in [0.25, 0.3) is 0 Å². The fourth-order valence-corrected chi connectivity index (χ4v) is 1.85. The van der Waals surface area contributed by atoms with Crippen molar-refractivity contribution in [1.29, 1.82) is 0 Å². The second kappa shape index (κ2) is 10.1. The van der Waals surface area contributed by atoms with Crippen LogP contribution in [0.5, 0.6) is 0 Å². The highest BCUT2D eigenvalue weighted by molar-refractivity contribution is 5.82. The molecule has 20 heavy (non-hydrogen) atoms. The Balaban J connectivity index is 2.15. The number of carbonyl (C=O) groups is 1. The maximum absolute atomic E-state index is 11.5. The van der Waals surface area contributed by atoms with E-state index in [1.807, 2.05) is 30.3 Å². The van der Waals surface area contributed by atoms with Crippen molar-refractivity contribution < 1.29 is 9.90 Å². The Kier molecular flexibility index (Phi) is 8.31. The minimum atomic E-state index is -0.384. The van der Waals surface area contributed by atoms with Crippen LogP contribution in [-0.4, -0.2) is 23.3 Å². The van der Waals surface area contributed by atoms with E-state index in [4.69, 9.17) is 0 Å². The van der Waals surface area contributed by atoms with E-state index in [0.29, 0.717) is 12.8 Å². The summed E-state index contributed by atoms with van der Waals surface area (Å²) in [6, 6.07) is 9.57. The highest BCUT2D eigenvalue weighted by atomic mass is 16.3. The molecular formula is C16H24N2O2. The maximum atomic E-state index is 11.5. The van der Waals surface area contributed by atoms with Gasteiger partial charge in [-0.2, -0.15) is 5.10 Å². The van der Waals surface area contributed by atoms with Crippen molar-refractivity contribution in [3.8, 4) is 0 Å². The van der Waals surface area contributed by atoms with Crippen LogP contribution in [0.25, 0.3) is 0 Å². The van der Waals surface area contributed by atoms with Gasteiger partial charge in [0.1, 0.15) is 0 Å². The molecule has 0 aromatic heterocycles. The molecule has 0 heterocycles. The van der Waals surface area contributed by atoms with Gasteiger partial charge in [-0.05, 0) is 18.4 Å². The highest BCUT2D eigenvalue weighted by Gasteiger charge is 2.07. The SMILES string of the molecule is CCCCCC(O)CCC(=O)NN=Cc1ccccc1. The first-order valence-electron chi connectivity index (χ1n) is 7.27. The molecule has 1 amide bonds. The Bertz CT molecular complexity index is 404. The lowest BCUT2D eigenvalue weighted by atomic mass is 10.1. The number of nitrogens with one attached hydrogen (secondary N) is 1. The summed E-state index contributed by atoms with van der Waals surface area (Å²) in [6.45, 7) is 2.13. The first-order chi connectivity index (χ1) is 9.72. The van der Waals surface area contributed by atoms with E-state index in [2.05, 4.69) is 17.5 Å². The smallest absolute Gasteiger partial charge is 0.240 e. The van der Waals surface area contributed by atoms with Gasteiger partial charge in [-0.25, -0.2) is 5.43 Å². The third-order valence-electron chi connectivity index (χ3n) is 3.05. The topological polar surface area (TPSA) is 61.7 Å². The molecule has 0 aliphatic carbocycles. The van der Waals surface area contributed by atoms with Crippen LogP contribution >= 0.6 is 0 Å². The molecular weight excluding hydrogens is 252 g/mol. The molecule has 0 radical (unpaired) electrons. The Morgan fingerprint density at radius 3 is 2.75 bits per heavy atom. The van der Waals surface area contributed by atoms with Crippen LogP contribution in [0.2, 0.25) is 0 Å². The predicted octanol–water partition coefficient (Wildman–Crippen LogP) is 2.86. The van der Waals surface area contributed by atoms with Crippen molar-refractivity contribution in [2.45, 2.75) is 51.6 Å². The van der Waals surface area contributed by atoms with Gasteiger partial charge in [0.15, 0.2) is 0 Å². The van der Waals surface area contributed by atoms with E-state index < -0.39 is 0 Å². The number of amides is 1. The average molecular weight is 276 g/mol. The minimum absolute atomic E-state index is 0.160. The molecule has 110 valence electrons. The first-order valence-corrected chi connectivity index (χ1v) is 7.27. The molecule has 1 unspecified atom stereocenters. The summed E-state index contributed by atoms with van der Waals surface area (Å²) < 4.78 is 0. The van der Waals surface area contributed by atoms with Crippen LogP contribution in [0.4, 0.5) is 0 Å². The summed E-state index contributed by atoms with van der Waals surface area (Å²) >= 11 is 0. The van der Waals surface area contributed by atoms with Crippen molar-refractivity contribution in [1.82, 2.24) is 5.43 Å². The van der Waals surface area contributed by atoms with Gasteiger partial charge < -0.3 is 5.11 Å². The molecule has 1 aromatic carbocycles. The van der Waals surface area contributed by atoms with Crippen LogP contribution in [0.3, 0.4) is 0 Å². The second-order valence-corrected chi connectivity index (χ2v) is 4.89. The quantitative estimate of drug-likeness (QED) is 0.414. The molecule has 0 fully saturated rings. The summed E-state index contributed by atoms with van der Waals surface area (Å²) in [6.07, 6.45) is 6.09. The number of hydrogen-bond donors (Lipinski definition) is 2. The number of hydrogen-bond acceptors (Lipinski definition) is 3. The number of unbranched alkanes of at least 4 members (excludes halogenated alkanes) is 2. The second-order valence-electron chi connectivity index (χ2n) is 4.89. The van der Waals surface area contributed by atoms with E-state index >= 15 is 0 Å². The minimum Gasteiger partial charge on any atom is -0.393 e. The van der Waals surface area contributed by atoms with E-state index in [0.717, 1.165) is 31.2 Å².